The van der Waals surface area contributed by atoms with Gasteiger partial charge in [0.05, 0.1) is 18.5 Å². The van der Waals surface area contributed by atoms with E-state index < -0.39 is 5.97 Å². The third-order valence-electron chi connectivity index (χ3n) is 2.64. The summed E-state index contributed by atoms with van der Waals surface area (Å²) in [5.74, 6) is -0.603. The van der Waals surface area contributed by atoms with Gasteiger partial charge < -0.3 is 15.2 Å². The number of carbonyl (C=O) groups is 1. The molecule has 1 saturated heterocycles. The molecule has 0 spiro atoms. The molecular weight excluding hydrogens is 222 g/mol. The summed E-state index contributed by atoms with van der Waals surface area (Å²) in [5.41, 5.74) is -0.0560. The first-order chi connectivity index (χ1) is 8.25. The van der Waals surface area contributed by atoms with Gasteiger partial charge in [-0.3, -0.25) is 4.98 Å². The fraction of sp³-hybridized carbons (Fsp3) is 0.545. The lowest BCUT2D eigenvalue weighted by molar-refractivity contribution is 0.0247. The van der Waals surface area contributed by atoms with Crippen LogP contribution in [0, 0.1) is 0 Å². The van der Waals surface area contributed by atoms with Gasteiger partial charge in [0.25, 0.3) is 0 Å². The van der Waals surface area contributed by atoms with Crippen molar-refractivity contribution in [2.75, 3.05) is 18.5 Å². The second kappa shape index (κ2) is 5.58. The fourth-order valence-corrected chi connectivity index (χ4v) is 1.74. The molecule has 1 aromatic rings. The maximum Gasteiger partial charge on any atom is 0.356 e. The lowest BCUT2D eigenvalue weighted by Gasteiger charge is -2.22. The molecule has 1 aliphatic rings. The molecule has 92 valence electrons. The van der Waals surface area contributed by atoms with E-state index >= 15 is 0 Å². The predicted molar refractivity (Wildman–Crippen MR) is 61.1 cm³/mol. The molecule has 2 rings (SSSR count). The van der Waals surface area contributed by atoms with E-state index in [1.54, 1.807) is 0 Å². The quantitative estimate of drug-likeness (QED) is 0.817. The topological polar surface area (TPSA) is 84.3 Å². The van der Waals surface area contributed by atoms with Gasteiger partial charge in [-0.25, -0.2) is 9.78 Å². The Balaban J connectivity index is 1.89. The molecule has 1 aromatic heterocycles. The molecule has 1 unspecified atom stereocenters. The van der Waals surface area contributed by atoms with E-state index in [4.69, 9.17) is 9.84 Å². The number of hydrogen-bond donors (Lipinski definition) is 2. The summed E-state index contributed by atoms with van der Waals surface area (Å²) in [6.45, 7) is 1.44. The first-order valence-corrected chi connectivity index (χ1v) is 5.66. The summed E-state index contributed by atoms with van der Waals surface area (Å²) in [6, 6.07) is 0. The Kier molecular flexibility index (Phi) is 3.87. The fourth-order valence-electron chi connectivity index (χ4n) is 1.74. The summed E-state index contributed by atoms with van der Waals surface area (Å²) >= 11 is 0. The minimum atomic E-state index is -1.07. The SMILES string of the molecule is O=C(O)c1cncc(NCC2CCCCO2)n1. The van der Waals surface area contributed by atoms with Gasteiger partial charge in [0.2, 0.25) is 0 Å². The van der Waals surface area contributed by atoms with E-state index in [0.29, 0.717) is 12.4 Å². The molecule has 1 fully saturated rings. The molecule has 6 nitrogen and oxygen atoms in total. The number of nitrogens with zero attached hydrogens (tertiary/aromatic N) is 2. The minimum absolute atomic E-state index is 0.0560. The van der Waals surface area contributed by atoms with E-state index in [0.717, 1.165) is 19.4 Å². The molecule has 0 aromatic carbocycles. The highest BCUT2D eigenvalue weighted by Gasteiger charge is 2.14. The van der Waals surface area contributed by atoms with Crippen LogP contribution in [0.5, 0.6) is 0 Å². The monoisotopic (exact) mass is 237 g/mol. The molecule has 17 heavy (non-hydrogen) atoms. The van der Waals surface area contributed by atoms with Gasteiger partial charge in [-0.05, 0) is 19.3 Å². The Morgan fingerprint density at radius 2 is 2.41 bits per heavy atom. The lowest BCUT2D eigenvalue weighted by atomic mass is 10.1. The summed E-state index contributed by atoms with van der Waals surface area (Å²) in [6.07, 6.45) is 6.23. The molecule has 0 radical (unpaired) electrons. The summed E-state index contributed by atoms with van der Waals surface area (Å²) < 4.78 is 5.55. The molecule has 2 N–H and O–H groups in total. The van der Waals surface area contributed by atoms with Gasteiger partial charge in [-0.15, -0.1) is 0 Å². The van der Waals surface area contributed by atoms with Crippen LogP contribution < -0.4 is 5.32 Å². The van der Waals surface area contributed by atoms with Crippen molar-refractivity contribution in [2.24, 2.45) is 0 Å². The number of carboxylic acid groups (broad SMARTS) is 1. The Labute approximate surface area is 99.0 Å². The molecule has 2 heterocycles. The van der Waals surface area contributed by atoms with Crippen LogP contribution in [0.2, 0.25) is 0 Å². The van der Waals surface area contributed by atoms with E-state index in [-0.39, 0.29) is 11.8 Å². The van der Waals surface area contributed by atoms with Gasteiger partial charge in [-0.1, -0.05) is 0 Å². The zero-order chi connectivity index (χ0) is 12.1. The average molecular weight is 237 g/mol. The Hall–Kier alpha value is -1.69. The zero-order valence-electron chi connectivity index (χ0n) is 9.43. The zero-order valence-corrected chi connectivity index (χ0v) is 9.43. The molecule has 0 bridgehead atoms. The van der Waals surface area contributed by atoms with Crippen LogP contribution >= 0.6 is 0 Å². The average Bonchev–Trinajstić information content (AvgIpc) is 2.38. The van der Waals surface area contributed by atoms with Crippen LogP contribution in [0.4, 0.5) is 5.82 Å². The van der Waals surface area contributed by atoms with Crippen LogP contribution in [0.3, 0.4) is 0 Å². The van der Waals surface area contributed by atoms with Crippen LogP contribution in [-0.2, 0) is 4.74 Å². The second-order valence-corrected chi connectivity index (χ2v) is 3.96. The molecule has 1 atom stereocenters. The third kappa shape index (κ3) is 3.39. The third-order valence-corrected chi connectivity index (χ3v) is 2.64. The number of aromatic nitrogens is 2. The van der Waals surface area contributed by atoms with E-state index in [9.17, 15) is 4.79 Å². The summed E-state index contributed by atoms with van der Waals surface area (Å²) in [7, 11) is 0. The first-order valence-electron chi connectivity index (χ1n) is 5.66. The van der Waals surface area contributed by atoms with E-state index in [1.807, 2.05) is 0 Å². The maximum absolute atomic E-state index is 10.7. The van der Waals surface area contributed by atoms with Crippen molar-refractivity contribution >= 4 is 11.8 Å². The number of hydrogen-bond acceptors (Lipinski definition) is 5. The molecule has 0 aliphatic carbocycles. The van der Waals surface area contributed by atoms with Crippen molar-refractivity contribution in [1.82, 2.24) is 9.97 Å². The van der Waals surface area contributed by atoms with Crippen LogP contribution in [0.25, 0.3) is 0 Å². The van der Waals surface area contributed by atoms with Crippen molar-refractivity contribution < 1.29 is 14.6 Å². The van der Waals surface area contributed by atoms with E-state index in [1.165, 1.54) is 18.8 Å². The Bertz CT molecular complexity index is 391. The van der Waals surface area contributed by atoms with Gasteiger partial charge >= 0.3 is 5.97 Å². The molecule has 0 saturated carbocycles. The van der Waals surface area contributed by atoms with Crippen molar-refractivity contribution in [3.05, 3.63) is 18.1 Å². The Morgan fingerprint density at radius 3 is 3.12 bits per heavy atom. The number of carboxylic acids is 1. The van der Waals surface area contributed by atoms with E-state index in [2.05, 4.69) is 15.3 Å². The largest absolute Gasteiger partial charge is 0.476 e. The highest BCUT2D eigenvalue weighted by atomic mass is 16.5. The standard InChI is InChI=1S/C11H15N3O3/c15-11(16)9-6-12-7-10(14-9)13-5-8-3-1-2-4-17-8/h6-8H,1-5H2,(H,13,14)(H,15,16). The van der Waals surface area contributed by atoms with Crippen LogP contribution in [0.1, 0.15) is 29.8 Å². The number of aromatic carboxylic acids is 1. The number of anilines is 1. The van der Waals surface area contributed by atoms with Crippen LogP contribution in [0.15, 0.2) is 12.4 Å². The smallest absolute Gasteiger partial charge is 0.356 e. The number of ether oxygens (including phenoxy) is 1. The first kappa shape index (κ1) is 11.8. The molecule has 6 heteroatoms. The Morgan fingerprint density at radius 1 is 1.53 bits per heavy atom. The van der Waals surface area contributed by atoms with Gasteiger partial charge in [0, 0.05) is 13.2 Å². The lowest BCUT2D eigenvalue weighted by Crippen LogP contribution is -2.27. The summed E-state index contributed by atoms with van der Waals surface area (Å²) in [4.78, 5) is 18.5. The van der Waals surface area contributed by atoms with Crippen molar-refractivity contribution in [1.29, 1.82) is 0 Å². The van der Waals surface area contributed by atoms with Crippen molar-refractivity contribution in [3.63, 3.8) is 0 Å². The molecule has 0 amide bonds. The predicted octanol–water partition coefficient (Wildman–Crippen LogP) is 1.16. The normalized spacial score (nSPS) is 19.9. The molecular formula is C11H15N3O3. The van der Waals surface area contributed by atoms with Gasteiger partial charge in [0.15, 0.2) is 5.69 Å². The second-order valence-electron chi connectivity index (χ2n) is 3.96. The number of rotatable bonds is 4. The summed E-state index contributed by atoms with van der Waals surface area (Å²) in [5, 5.41) is 11.8. The van der Waals surface area contributed by atoms with Gasteiger partial charge in [-0.2, -0.15) is 0 Å². The van der Waals surface area contributed by atoms with Crippen molar-refractivity contribution in [2.45, 2.75) is 25.4 Å². The highest BCUT2D eigenvalue weighted by molar-refractivity contribution is 5.85. The highest BCUT2D eigenvalue weighted by Crippen LogP contribution is 2.13. The van der Waals surface area contributed by atoms with Gasteiger partial charge in [0.1, 0.15) is 5.82 Å². The molecule has 1 aliphatic heterocycles. The maximum atomic E-state index is 10.7. The van der Waals surface area contributed by atoms with Crippen molar-refractivity contribution in [3.8, 4) is 0 Å². The minimum Gasteiger partial charge on any atom is -0.476 e. The van der Waals surface area contributed by atoms with Crippen LogP contribution in [-0.4, -0.2) is 40.3 Å². The number of nitrogens with one attached hydrogen (secondary N) is 1.